The predicted octanol–water partition coefficient (Wildman–Crippen LogP) is 2.76. The van der Waals surface area contributed by atoms with Crippen molar-refractivity contribution in [3.63, 3.8) is 0 Å². The summed E-state index contributed by atoms with van der Waals surface area (Å²) >= 11 is 0. The van der Waals surface area contributed by atoms with Crippen LogP contribution in [0, 0.1) is 0 Å². The number of rotatable bonds is 4. The average molecular weight is 372 g/mol. The lowest BCUT2D eigenvalue weighted by Gasteiger charge is -2.31. The molecule has 5 heterocycles. The first-order valence-electron chi connectivity index (χ1n) is 9.36. The third-order valence-corrected chi connectivity index (χ3v) is 5.02. The normalized spacial score (nSPS) is 17.8. The molecule has 4 aromatic rings. The van der Waals surface area contributed by atoms with Gasteiger partial charge >= 0.3 is 0 Å². The first-order chi connectivity index (χ1) is 13.9. The zero-order chi connectivity index (χ0) is 18.8. The van der Waals surface area contributed by atoms with Crippen molar-refractivity contribution in [2.75, 3.05) is 19.7 Å². The lowest BCUT2D eigenvalue weighted by Crippen LogP contribution is -2.38. The van der Waals surface area contributed by atoms with Gasteiger partial charge in [0.2, 0.25) is 0 Å². The first-order valence-corrected chi connectivity index (χ1v) is 9.36. The lowest BCUT2D eigenvalue weighted by molar-refractivity contribution is -0.0346. The second kappa shape index (κ2) is 7.46. The third kappa shape index (κ3) is 3.37. The highest BCUT2D eigenvalue weighted by atomic mass is 16.5. The van der Waals surface area contributed by atoms with Crippen molar-refractivity contribution in [3.8, 4) is 11.1 Å². The number of hydrogen-bond acceptors (Lipinski definition) is 6. The number of pyridine rings is 3. The van der Waals surface area contributed by atoms with Crippen LogP contribution in [0.1, 0.15) is 17.5 Å². The van der Waals surface area contributed by atoms with Gasteiger partial charge in [-0.15, -0.1) is 5.10 Å². The van der Waals surface area contributed by atoms with Crippen LogP contribution in [-0.4, -0.2) is 49.4 Å². The summed E-state index contributed by atoms with van der Waals surface area (Å²) in [5.41, 5.74) is 5.10. The fraction of sp³-hybridized carbons (Fsp3) is 0.238. The van der Waals surface area contributed by atoms with Gasteiger partial charge < -0.3 is 4.74 Å². The maximum absolute atomic E-state index is 6.03. The molecule has 1 fully saturated rings. The summed E-state index contributed by atoms with van der Waals surface area (Å²) in [6.07, 6.45) is 7.31. The van der Waals surface area contributed by atoms with E-state index in [0.29, 0.717) is 6.61 Å². The molecule has 7 nitrogen and oxygen atoms in total. The number of nitrogens with zero attached hydrogens (tertiary/aromatic N) is 6. The first kappa shape index (κ1) is 17.0. The van der Waals surface area contributed by atoms with Crippen molar-refractivity contribution in [2.24, 2.45) is 0 Å². The minimum absolute atomic E-state index is 0.0956. The van der Waals surface area contributed by atoms with E-state index in [1.165, 1.54) is 0 Å². The van der Waals surface area contributed by atoms with E-state index < -0.39 is 0 Å². The lowest BCUT2D eigenvalue weighted by atomic mass is 10.1. The molecule has 140 valence electrons. The van der Waals surface area contributed by atoms with E-state index in [1.54, 1.807) is 12.4 Å². The fourth-order valence-corrected chi connectivity index (χ4v) is 3.59. The molecule has 0 unspecified atom stereocenters. The monoisotopic (exact) mass is 372 g/mol. The molecule has 0 N–H and O–H groups in total. The molecular formula is C21H20N6O. The second-order valence-corrected chi connectivity index (χ2v) is 6.87. The van der Waals surface area contributed by atoms with Crippen molar-refractivity contribution >= 4 is 5.52 Å². The van der Waals surface area contributed by atoms with Crippen LogP contribution in [0.5, 0.6) is 0 Å². The highest BCUT2D eigenvalue weighted by Gasteiger charge is 2.26. The van der Waals surface area contributed by atoms with Crippen LogP contribution < -0.4 is 0 Å². The molecule has 0 bridgehead atoms. The van der Waals surface area contributed by atoms with Gasteiger partial charge in [0.15, 0.2) is 0 Å². The van der Waals surface area contributed by atoms with Crippen molar-refractivity contribution in [2.45, 2.75) is 12.6 Å². The van der Waals surface area contributed by atoms with Crippen molar-refractivity contribution in [3.05, 3.63) is 78.6 Å². The predicted molar refractivity (Wildman–Crippen MR) is 104 cm³/mol. The van der Waals surface area contributed by atoms with E-state index in [9.17, 15) is 0 Å². The van der Waals surface area contributed by atoms with Gasteiger partial charge in [0.05, 0.1) is 17.8 Å². The van der Waals surface area contributed by atoms with Crippen molar-refractivity contribution in [1.82, 2.24) is 29.7 Å². The number of aromatic nitrogens is 5. The Morgan fingerprint density at radius 2 is 1.93 bits per heavy atom. The molecule has 7 heteroatoms. The van der Waals surface area contributed by atoms with Gasteiger partial charge in [0, 0.05) is 50.0 Å². The van der Waals surface area contributed by atoms with E-state index >= 15 is 0 Å². The Bertz CT molecular complexity index is 1070. The second-order valence-electron chi connectivity index (χ2n) is 6.87. The molecule has 0 radical (unpaired) electrons. The number of morpholine rings is 1. The Kier molecular flexibility index (Phi) is 4.52. The zero-order valence-corrected chi connectivity index (χ0v) is 15.3. The molecule has 0 spiro atoms. The van der Waals surface area contributed by atoms with Crippen LogP contribution in [0.15, 0.2) is 67.3 Å². The average Bonchev–Trinajstić information content (AvgIpc) is 3.19. The Morgan fingerprint density at radius 3 is 2.79 bits per heavy atom. The maximum atomic E-state index is 6.03. The van der Waals surface area contributed by atoms with E-state index in [4.69, 9.17) is 4.74 Å². The van der Waals surface area contributed by atoms with Crippen LogP contribution >= 0.6 is 0 Å². The Hall–Kier alpha value is -3.16. The van der Waals surface area contributed by atoms with Gasteiger partial charge in [0.25, 0.3) is 0 Å². The van der Waals surface area contributed by atoms with Gasteiger partial charge in [-0.25, -0.2) is 4.52 Å². The molecule has 0 aromatic carbocycles. The van der Waals surface area contributed by atoms with Gasteiger partial charge in [-0.1, -0.05) is 17.3 Å². The summed E-state index contributed by atoms with van der Waals surface area (Å²) in [4.78, 5) is 10.9. The SMILES string of the molecule is c1ccc(CN2CCO[C@H](c3nnn4cc(-c5ccncc5)ccc34)C2)nc1. The number of fused-ring (bicyclic) bond motifs is 1. The Balaban J connectivity index is 1.38. The van der Waals surface area contributed by atoms with E-state index in [1.807, 2.05) is 41.2 Å². The largest absolute Gasteiger partial charge is 0.369 e. The number of ether oxygens (including phenoxy) is 1. The van der Waals surface area contributed by atoms with E-state index in [2.05, 4.69) is 43.4 Å². The van der Waals surface area contributed by atoms with Gasteiger partial charge in [-0.05, 0) is 35.9 Å². The molecule has 0 aliphatic carbocycles. The standard InChI is InChI=1S/C21H20N6O/c1-2-8-23-18(3-1)14-26-11-12-28-20(15-26)21-19-5-4-17(13-27(19)25-24-21)16-6-9-22-10-7-16/h1-10,13,20H,11-12,14-15H2/t20-/m0/s1. The summed E-state index contributed by atoms with van der Waals surface area (Å²) in [5, 5.41) is 8.76. The Labute approximate surface area is 162 Å². The molecule has 0 amide bonds. The molecular weight excluding hydrogens is 352 g/mol. The molecule has 1 saturated heterocycles. The van der Waals surface area contributed by atoms with Crippen LogP contribution in [0.2, 0.25) is 0 Å². The third-order valence-electron chi connectivity index (χ3n) is 5.02. The minimum atomic E-state index is -0.0956. The quantitative estimate of drug-likeness (QED) is 0.549. The smallest absolute Gasteiger partial charge is 0.121 e. The molecule has 0 saturated carbocycles. The van der Waals surface area contributed by atoms with Crippen LogP contribution in [0.3, 0.4) is 0 Å². The minimum Gasteiger partial charge on any atom is -0.369 e. The van der Waals surface area contributed by atoms with Gasteiger partial charge in [0.1, 0.15) is 11.8 Å². The van der Waals surface area contributed by atoms with Crippen LogP contribution in [0.4, 0.5) is 0 Å². The summed E-state index contributed by atoms with van der Waals surface area (Å²) in [6.45, 7) is 3.15. The molecule has 5 rings (SSSR count). The maximum Gasteiger partial charge on any atom is 0.121 e. The highest BCUT2D eigenvalue weighted by Crippen LogP contribution is 2.27. The number of hydrogen-bond donors (Lipinski definition) is 0. The molecule has 1 aliphatic heterocycles. The van der Waals surface area contributed by atoms with Crippen LogP contribution in [0.25, 0.3) is 16.6 Å². The summed E-state index contributed by atoms with van der Waals surface area (Å²) in [5.74, 6) is 0. The molecule has 28 heavy (non-hydrogen) atoms. The van der Waals surface area contributed by atoms with Crippen molar-refractivity contribution in [1.29, 1.82) is 0 Å². The summed E-state index contributed by atoms with van der Waals surface area (Å²) < 4.78 is 7.85. The Morgan fingerprint density at radius 1 is 1.00 bits per heavy atom. The van der Waals surface area contributed by atoms with E-state index in [0.717, 1.165) is 47.7 Å². The molecule has 1 atom stereocenters. The fourth-order valence-electron chi connectivity index (χ4n) is 3.59. The highest BCUT2D eigenvalue weighted by molar-refractivity contribution is 5.65. The van der Waals surface area contributed by atoms with Crippen LogP contribution in [-0.2, 0) is 11.3 Å². The summed E-state index contributed by atoms with van der Waals surface area (Å²) in [6, 6.07) is 14.1. The molecule has 4 aromatic heterocycles. The summed E-state index contributed by atoms with van der Waals surface area (Å²) in [7, 11) is 0. The zero-order valence-electron chi connectivity index (χ0n) is 15.3. The van der Waals surface area contributed by atoms with Gasteiger partial charge in [-0.2, -0.15) is 0 Å². The topological polar surface area (TPSA) is 68.4 Å². The van der Waals surface area contributed by atoms with Gasteiger partial charge in [-0.3, -0.25) is 14.9 Å². The molecule has 1 aliphatic rings. The van der Waals surface area contributed by atoms with Crippen molar-refractivity contribution < 1.29 is 4.74 Å². The van der Waals surface area contributed by atoms with E-state index in [-0.39, 0.29) is 6.10 Å².